The van der Waals surface area contributed by atoms with Crippen molar-refractivity contribution in [3.63, 3.8) is 0 Å². The fourth-order valence-electron chi connectivity index (χ4n) is 1.45. The summed E-state index contributed by atoms with van der Waals surface area (Å²) in [5.41, 5.74) is 0. The van der Waals surface area contributed by atoms with Crippen LogP contribution in [0.15, 0.2) is 0 Å². The number of carbonyl (C=O) groups is 2. The van der Waals surface area contributed by atoms with Gasteiger partial charge in [-0.3, -0.25) is 0 Å². The van der Waals surface area contributed by atoms with Gasteiger partial charge in [0, 0.05) is 26.2 Å². The number of carboxylic acid groups (broad SMARTS) is 1. The number of rotatable bonds is 3. The molecule has 1 aliphatic heterocycles. The van der Waals surface area contributed by atoms with Gasteiger partial charge in [0.1, 0.15) is 6.04 Å². The van der Waals surface area contributed by atoms with Crippen molar-refractivity contribution in [2.45, 2.75) is 19.4 Å². The van der Waals surface area contributed by atoms with E-state index in [4.69, 9.17) is 5.11 Å². The standard InChI is InChI=1S/C9H17N3O3/c1-2-7(8(13)14)11-9(15)12-5-3-10-4-6-12/h7,10H,2-6H2,1H3,(H,11,15)(H,13,14). The molecular formula is C9H17N3O3. The first-order valence-electron chi connectivity index (χ1n) is 5.14. The number of carboxylic acids is 1. The number of nitrogens with zero attached hydrogens (tertiary/aromatic N) is 1. The molecule has 15 heavy (non-hydrogen) atoms. The molecule has 1 unspecified atom stereocenters. The fraction of sp³-hybridized carbons (Fsp3) is 0.778. The second-order valence-electron chi connectivity index (χ2n) is 3.49. The lowest BCUT2D eigenvalue weighted by Gasteiger charge is -2.28. The Morgan fingerprint density at radius 1 is 1.47 bits per heavy atom. The van der Waals surface area contributed by atoms with Gasteiger partial charge in [-0.25, -0.2) is 9.59 Å². The number of hydrogen-bond acceptors (Lipinski definition) is 3. The number of aliphatic carboxylic acids is 1. The van der Waals surface area contributed by atoms with E-state index < -0.39 is 12.0 Å². The number of carbonyl (C=O) groups excluding carboxylic acids is 1. The zero-order valence-electron chi connectivity index (χ0n) is 8.82. The summed E-state index contributed by atoms with van der Waals surface area (Å²) in [5, 5.41) is 14.4. The highest BCUT2D eigenvalue weighted by molar-refractivity contribution is 5.82. The Balaban J connectivity index is 2.42. The molecule has 0 aromatic rings. The molecule has 2 amide bonds. The van der Waals surface area contributed by atoms with Crippen LogP contribution in [0.5, 0.6) is 0 Å². The summed E-state index contributed by atoms with van der Waals surface area (Å²) in [6.07, 6.45) is 0.396. The molecule has 0 aliphatic carbocycles. The SMILES string of the molecule is CCC(NC(=O)N1CCNCC1)C(=O)O. The van der Waals surface area contributed by atoms with Crippen LogP contribution < -0.4 is 10.6 Å². The van der Waals surface area contributed by atoms with Crippen molar-refractivity contribution in [1.29, 1.82) is 0 Å². The molecule has 0 aromatic carbocycles. The lowest BCUT2D eigenvalue weighted by molar-refractivity contribution is -0.139. The highest BCUT2D eigenvalue weighted by Crippen LogP contribution is 1.97. The maximum absolute atomic E-state index is 11.6. The van der Waals surface area contributed by atoms with E-state index in [2.05, 4.69) is 10.6 Å². The lowest BCUT2D eigenvalue weighted by Crippen LogP contribution is -2.53. The molecule has 0 radical (unpaired) electrons. The molecule has 6 nitrogen and oxygen atoms in total. The number of nitrogens with one attached hydrogen (secondary N) is 2. The summed E-state index contributed by atoms with van der Waals surface area (Å²) in [6, 6.07) is -1.07. The van der Waals surface area contributed by atoms with E-state index in [0.717, 1.165) is 13.1 Å². The predicted octanol–water partition coefficient (Wildman–Crippen LogP) is -0.536. The van der Waals surface area contributed by atoms with Crippen LogP contribution in [0.1, 0.15) is 13.3 Å². The van der Waals surface area contributed by atoms with E-state index in [-0.39, 0.29) is 6.03 Å². The first-order chi connectivity index (χ1) is 7.15. The minimum absolute atomic E-state index is 0.286. The second kappa shape index (κ2) is 5.55. The Morgan fingerprint density at radius 2 is 2.07 bits per heavy atom. The Hall–Kier alpha value is -1.30. The normalized spacial score (nSPS) is 18.3. The molecule has 0 bridgehead atoms. The molecule has 1 rings (SSSR count). The van der Waals surface area contributed by atoms with E-state index in [1.165, 1.54) is 0 Å². The van der Waals surface area contributed by atoms with Crippen LogP contribution in [0.25, 0.3) is 0 Å². The average molecular weight is 215 g/mol. The predicted molar refractivity (Wildman–Crippen MR) is 54.7 cm³/mol. The van der Waals surface area contributed by atoms with Crippen LogP contribution in [-0.4, -0.2) is 54.2 Å². The van der Waals surface area contributed by atoms with Crippen LogP contribution in [0, 0.1) is 0 Å². The molecule has 1 heterocycles. The summed E-state index contributed by atoms with van der Waals surface area (Å²) in [5.74, 6) is -0.985. The number of urea groups is 1. The van der Waals surface area contributed by atoms with Crippen molar-refractivity contribution in [2.24, 2.45) is 0 Å². The van der Waals surface area contributed by atoms with E-state index in [9.17, 15) is 9.59 Å². The summed E-state index contributed by atoms with van der Waals surface area (Å²) in [6.45, 7) is 4.51. The molecule has 3 N–H and O–H groups in total. The molecule has 0 aromatic heterocycles. The van der Waals surface area contributed by atoms with Gasteiger partial charge in [-0.15, -0.1) is 0 Å². The van der Waals surface area contributed by atoms with Crippen molar-refractivity contribution >= 4 is 12.0 Å². The summed E-state index contributed by atoms with van der Waals surface area (Å²) in [4.78, 5) is 23.9. The Kier molecular flexibility index (Phi) is 4.36. The topological polar surface area (TPSA) is 81.7 Å². The summed E-state index contributed by atoms with van der Waals surface area (Å²) in [7, 11) is 0. The smallest absolute Gasteiger partial charge is 0.326 e. The fourth-order valence-corrected chi connectivity index (χ4v) is 1.45. The molecule has 1 atom stereocenters. The van der Waals surface area contributed by atoms with E-state index in [1.54, 1.807) is 11.8 Å². The first kappa shape index (κ1) is 11.8. The van der Waals surface area contributed by atoms with Gasteiger partial charge in [0.15, 0.2) is 0 Å². The van der Waals surface area contributed by atoms with E-state index in [0.29, 0.717) is 19.5 Å². The van der Waals surface area contributed by atoms with Gasteiger partial charge in [-0.2, -0.15) is 0 Å². The quantitative estimate of drug-likeness (QED) is 0.591. The first-order valence-corrected chi connectivity index (χ1v) is 5.14. The van der Waals surface area contributed by atoms with Gasteiger partial charge in [0.05, 0.1) is 0 Å². The monoisotopic (exact) mass is 215 g/mol. The number of amides is 2. The van der Waals surface area contributed by atoms with Crippen LogP contribution in [0.4, 0.5) is 4.79 Å². The average Bonchev–Trinajstić information content (AvgIpc) is 2.26. The van der Waals surface area contributed by atoms with Gasteiger partial charge in [-0.05, 0) is 6.42 Å². The van der Waals surface area contributed by atoms with Crippen LogP contribution in [-0.2, 0) is 4.79 Å². The maximum atomic E-state index is 11.6. The Labute approximate surface area is 88.6 Å². The van der Waals surface area contributed by atoms with Crippen molar-refractivity contribution in [3.8, 4) is 0 Å². The van der Waals surface area contributed by atoms with Crippen molar-refractivity contribution < 1.29 is 14.7 Å². The minimum Gasteiger partial charge on any atom is -0.480 e. The molecule has 1 aliphatic rings. The molecular weight excluding hydrogens is 198 g/mol. The summed E-state index contributed by atoms with van der Waals surface area (Å²) < 4.78 is 0. The molecule has 0 saturated carbocycles. The van der Waals surface area contributed by atoms with Gasteiger partial charge >= 0.3 is 12.0 Å². The molecule has 86 valence electrons. The minimum atomic E-state index is -0.985. The second-order valence-corrected chi connectivity index (χ2v) is 3.49. The van der Waals surface area contributed by atoms with Crippen LogP contribution in [0.3, 0.4) is 0 Å². The van der Waals surface area contributed by atoms with Gasteiger partial charge in [-0.1, -0.05) is 6.92 Å². The third-order valence-electron chi connectivity index (χ3n) is 2.41. The van der Waals surface area contributed by atoms with Crippen LogP contribution in [0.2, 0.25) is 0 Å². The maximum Gasteiger partial charge on any atom is 0.326 e. The van der Waals surface area contributed by atoms with Gasteiger partial charge in [0.25, 0.3) is 0 Å². The zero-order valence-corrected chi connectivity index (χ0v) is 8.82. The lowest BCUT2D eigenvalue weighted by atomic mass is 10.2. The van der Waals surface area contributed by atoms with Crippen molar-refractivity contribution in [1.82, 2.24) is 15.5 Å². The number of piperazine rings is 1. The zero-order chi connectivity index (χ0) is 11.3. The summed E-state index contributed by atoms with van der Waals surface area (Å²) >= 11 is 0. The van der Waals surface area contributed by atoms with Gasteiger partial charge in [0.2, 0.25) is 0 Å². The van der Waals surface area contributed by atoms with Crippen LogP contribution >= 0.6 is 0 Å². The largest absolute Gasteiger partial charge is 0.480 e. The molecule has 1 fully saturated rings. The van der Waals surface area contributed by atoms with Gasteiger partial charge < -0.3 is 20.6 Å². The highest BCUT2D eigenvalue weighted by Gasteiger charge is 2.22. The third kappa shape index (κ3) is 3.39. The van der Waals surface area contributed by atoms with Crippen molar-refractivity contribution in [2.75, 3.05) is 26.2 Å². The van der Waals surface area contributed by atoms with E-state index >= 15 is 0 Å². The highest BCUT2D eigenvalue weighted by atomic mass is 16.4. The Morgan fingerprint density at radius 3 is 2.53 bits per heavy atom. The third-order valence-corrected chi connectivity index (χ3v) is 2.41. The number of hydrogen-bond donors (Lipinski definition) is 3. The Bertz CT molecular complexity index is 239. The molecule has 0 spiro atoms. The van der Waals surface area contributed by atoms with Crippen molar-refractivity contribution in [3.05, 3.63) is 0 Å². The molecule has 6 heteroatoms. The molecule has 1 saturated heterocycles. The van der Waals surface area contributed by atoms with E-state index in [1.807, 2.05) is 0 Å².